The van der Waals surface area contributed by atoms with E-state index in [4.69, 9.17) is 4.74 Å². The zero-order valence-corrected chi connectivity index (χ0v) is 11.4. The van der Waals surface area contributed by atoms with E-state index in [9.17, 15) is 9.59 Å². The van der Waals surface area contributed by atoms with Crippen LogP contribution in [0.3, 0.4) is 0 Å². The van der Waals surface area contributed by atoms with Crippen molar-refractivity contribution < 1.29 is 14.3 Å². The van der Waals surface area contributed by atoms with E-state index < -0.39 is 6.04 Å². The molecule has 0 unspecified atom stereocenters. The summed E-state index contributed by atoms with van der Waals surface area (Å²) < 4.78 is 4.70. The van der Waals surface area contributed by atoms with Gasteiger partial charge < -0.3 is 9.64 Å². The van der Waals surface area contributed by atoms with Crippen molar-refractivity contribution in [1.82, 2.24) is 4.90 Å². The van der Waals surface area contributed by atoms with Gasteiger partial charge in [0.15, 0.2) is 0 Å². The van der Waals surface area contributed by atoms with Gasteiger partial charge in [0.2, 0.25) is 0 Å². The van der Waals surface area contributed by atoms with Crippen LogP contribution < -0.4 is 0 Å². The standard InChI is InChI=1S/C15H19NO3/c1-3-5-11-6-4-7-12(10-11)14(17)16-9-8-13(16)15(18)19-2/h4,6-7,10,13H,3,5,8-9H2,1-2H3/t13-/m1/s1. The van der Waals surface area contributed by atoms with Crippen LogP contribution in [0.5, 0.6) is 0 Å². The Morgan fingerprint density at radius 2 is 2.21 bits per heavy atom. The number of rotatable bonds is 4. The highest BCUT2D eigenvalue weighted by Crippen LogP contribution is 2.22. The molecule has 0 saturated carbocycles. The number of aryl methyl sites for hydroxylation is 1. The summed E-state index contributed by atoms with van der Waals surface area (Å²) in [6.07, 6.45) is 2.70. The Balaban J connectivity index is 2.11. The lowest BCUT2D eigenvalue weighted by atomic mass is 10.00. The summed E-state index contributed by atoms with van der Waals surface area (Å²) in [6, 6.07) is 7.22. The summed E-state index contributed by atoms with van der Waals surface area (Å²) in [4.78, 5) is 25.4. The molecule has 1 heterocycles. The predicted molar refractivity (Wildman–Crippen MR) is 71.9 cm³/mol. The largest absolute Gasteiger partial charge is 0.467 e. The van der Waals surface area contributed by atoms with Gasteiger partial charge in [-0.2, -0.15) is 0 Å². The number of hydrogen-bond acceptors (Lipinski definition) is 3. The molecule has 1 fully saturated rings. The molecule has 0 N–H and O–H groups in total. The van der Waals surface area contributed by atoms with E-state index in [1.165, 1.54) is 7.11 Å². The number of methoxy groups -OCH3 is 1. The number of benzene rings is 1. The third-order valence-electron chi connectivity index (χ3n) is 3.47. The van der Waals surface area contributed by atoms with Gasteiger partial charge in [-0.05, 0) is 30.5 Å². The Labute approximate surface area is 113 Å². The molecule has 0 aliphatic carbocycles. The summed E-state index contributed by atoms with van der Waals surface area (Å²) in [5.41, 5.74) is 1.81. The average molecular weight is 261 g/mol. The number of hydrogen-bond donors (Lipinski definition) is 0. The third-order valence-corrected chi connectivity index (χ3v) is 3.47. The molecule has 0 radical (unpaired) electrons. The first kappa shape index (κ1) is 13.6. The zero-order chi connectivity index (χ0) is 13.8. The molecule has 1 aliphatic rings. The number of carbonyl (C=O) groups is 2. The van der Waals surface area contributed by atoms with Crippen molar-refractivity contribution in [3.8, 4) is 0 Å². The second-order valence-corrected chi connectivity index (χ2v) is 4.78. The molecule has 19 heavy (non-hydrogen) atoms. The lowest BCUT2D eigenvalue weighted by Crippen LogP contribution is -2.55. The quantitative estimate of drug-likeness (QED) is 0.779. The fourth-order valence-corrected chi connectivity index (χ4v) is 2.33. The van der Waals surface area contributed by atoms with Gasteiger partial charge >= 0.3 is 5.97 Å². The SMILES string of the molecule is CCCc1cccc(C(=O)N2CC[C@@H]2C(=O)OC)c1. The molecule has 0 bridgehead atoms. The van der Waals surface area contributed by atoms with Crippen LogP contribution in [0.2, 0.25) is 0 Å². The number of carbonyl (C=O) groups excluding carboxylic acids is 2. The first-order chi connectivity index (χ1) is 9.17. The average Bonchev–Trinajstić information content (AvgIpc) is 2.38. The molecule has 1 aliphatic heterocycles. The Kier molecular flexibility index (Phi) is 4.20. The minimum atomic E-state index is -0.410. The first-order valence-corrected chi connectivity index (χ1v) is 6.65. The maximum absolute atomic E-state index is 12.3. The highest BCUT2D eigenvalue weighted by molar-refractivity contribution is 5.97. The fourth-order valence-electron chi connectivity index (χ4n) is 2.33. The van der Waals surface area contributed by atoms with Gasteiger partial charge in [-0.1, -0.05) is 25.5 Å². The van der Waals surface area contributed by atoms with Crippen molar-refractivity contribution in [2.24, 2.45) is 0 Å². The molecule has 4 nitrogen and oxygen atoms in total. The molecular weight excluding hydrogens is 242 g/mol. The molecule has 0 spiro atoms. The molecule has 0 aromatic heterocycles. The number of esters is 1. The molecule has 1 saturated heterocycles. The van der Waals surface area contributed by atoms with Crippen LogP contribution in [0, 0.1) is 0 Å². The van der Waals surface area contributed by atoms with Crippen LogP contribution in [-0.4, -0.2) is 36.5 Å². The molecule has 4 heteroatoms. The summed E-state index contributed by atoms with van der Waals surface area (Å²) in [5.74, 6) is -0.413. The van der Waals surface area contributed by atoms with Gasteiger partial charge in [-0.25, -0.2) is 4.79 Å². The van der Waals surface area contributed by atoms with Crippen LogP contribution in [-0.2, 0) is 16.0 Å². The van der Waals surface area contributed by atoms with Crippen molar-refractivity contribution >= 4 is 11.9 Å². The number of nitrogens with zero attached hydrogens (tertiary/aromatic N) is 1. The molecule has 1 aromatic carbocycles. The second-order valence-electron chi connectivity index (χ2n) is 4.78. The van der Waals surface area contributed by atoms with Crippen LogP contribution in [0.1, 0.15) is 35.7 Å². The van der Waals surface area contributed by atoms with Crippen LogP contribution in [0.15, 0.2) is 24.3 Å². The van der Waals surface area contributed by atoms with Crippen LogP contribution in [0.4, 0.5) is 0 Å². The number of ether oxygens (including phenoxy) is 1. The highest BCUT2D eigenvalue weighted by Gasteiger charge is 2.38. The van der Waals surface area contributed by atoms with Crippen molar-refractivity contribution in [2.75, 3.05) is 13.7 Å². The van der Waals surface area contributed by atoms with Crippen molar-refractivity contribution in [3.05, 3.63) is 35.4 Å². The summed E-state index contributed by atoms with van der Waals surface area (Å²) in [6.45, 7) is 2.73. The molecule has 1 aromatic rings. The minimum Gasteiger partial charge on any atom is -0.467 e. The first-order valence-electron chi connectivity index (χ1n) is 6.65. The summed E-state index contributed by atoms with van der Waals surface area (Å²) in [5, 5.41) is 0. The van der Waals surface area contributed by atoms with Crippen LogP contribution in [0.25, 0.3) is 0 Å². The molecule has 1 atom stereocenters. The predicted octanol–water partition coefficient (Wildman–Crippen LogP) is 2.03. The number of amides is 1. The fraction of sp³-hybridized carbons (Fsp3) is 0.467. The normalized spacial score (nSPS) is 17.8. The third kappa shape index (κ3) is 2.78. The Bertz CT molecular complexity index is 484. The zero-order valence-electron chi connectivity index (χ0n) is 11.4. The summed E-state index contributed by atoms with van der Waals surface area (Å²) in [7, 11) is 1.35. The van der Waals surface area contributed by atoms with Gasteiger partial charge in [0.1, 0.15) is 6.04 Å². The molecule has 2 rings (SSSR count). The Morgan fingerprint density at radius 1 is 1.42 bits per heavy atom. The molecule has 102 valence electrons. The maximum Gasteiger partial charge on any atom is 0.328 e. The van der Waals surface area contributed by atoms with Gasteiger partial charge in [0, 0.05) is 12.1 Å². The van der Waals surface area contributed by atoms with Gasteiger partial charge in [0.25, 0.3) is 5.91 Å². The van der Waals surface area contributed by atoms with Crippen molar-refractivity contribution in [1.29, 1.82) is 0 Å². The van der Waals surface area contributed by atoms with E-state index in [2.05, 4.69) is 6.92 Å². The smallest absolute Gasteiger partial charge is 0.328 e. The van der Waals surface area contributed by atoms with E-state index in [0.29, 0.717) is 18.5 Å². The Morgan fingerprint density at radius 3 is 2.79 bits per heavy atom. The lowest BCUT2D eigenvalue weighted by Gasteiger charge is -2.38. The highest BCUT2D eigenvalue weighted by atomic mass is 16.5. The van der Waals surface area contributed by atoms with Crippen molar-refractivity contribution in [2.45, 2.75) is 32.2 Å². The molecule has 1 amide bonds. The van der Waals surface area contributed by atoms with Crippen LogP contribution >= 0.6 is 0 Å². The van der Waals surface area contributed by atoms with Gasteiger partial charge in [-0.3, -0.25) is 4.79 Å². The van der Waals surface area contributed by atoms with Gasteiger partial charge in [0.05, 0.1) is 7.11 Å². The summed E-state index contributed by atoms with van der Waals surface area (Å²) >= 11 is 0. The minimum absolute atomic E-state index is 0.0837. The number of likely N-dealkylation sites (tertiary alicyclic amines) is 1. The molecular formula is C15H19NO3. The van der Waals surface area contributed by atoms with Gasteiger partial charge in [-0.15, -0.1) is 0 Å². The second kappa shape index (κ2) is 5.87. The lowest BCUT2D eigenvalue weighted by molar-refractivity contribution is -0.149. The van der Waals surface area contributed by atoms with E-state index in [0.717, 1.165) is 18.4 Å². The Hall–Kier alpha value is -1.84. The van der Waals surface area contributed by atoms with E-state index in [-0.39, 0.29) is 11.9 Å². The topological polar surface area (TPSA) is 46.6 Å². The van der Waals surface area contributed by atoms with E-state index in [1.54, 1.807) is 11.0 Å². The maximum atomic E-state index is 12.3. The van der Waals surface area contributed by atoms with E-state index >= 15 is 0 Å². The van der Waals surface area contributed by atoms with E-state index in [1.807, 2.05) is 18.2 Å². The van der Waals surface area contributed by atoms with Crippen molar-refractivity contribution in [3.63, 3.8) is 0 Å². The monoisotopic (exact) mass is 261 g/mol.